The molecule has 0 aliphatic heterocycles. The summed E-state index contributed by atoms with van der Waals surface area (Å²) in [4.78, 5) is 43.6. The molecular formula is C28H29N3O4. The quantitative estimate of drug-likeness (QED) is 0.426. The maximum atomic E-state index is 13.2. The van der Waals surface area contributed by atoms with Gasteiger partial charge in [-0.05, 0) is 67.5 Å². The second kappa shape index (κ2) is 9.49. The van der Waals surface area contributed by atoms with Crippen LogP contribution in [0, 0.1) is 11.8 Å². The number of nitrogens with zero attached hydrogens (tertiary/aromatic N) is 3. The molecule has 2 aromatic heterocycles. The zero-order valence-corrected chi connectivity index (χ0v) is 20.1. The number of rotatable bonds is 6. The lowest BCUT2D eigenvalue weighted by Gasteiger charge is -2.28. The topological polar surface area (TPSA) is 83.2 Å². The van der Waals surface area contributed by atoms with Crippen molar-refractivity contribution in [1.29, 1.82) is 0 Å². The van der Waals surface area contributed by atoms with Gasteiger partial charge in [-0.2, -0.15) is 0 Å². The van der Waals surface area contributed by atoms with Gasteiger partial charge < -0.3 is 4.74 Å². The summed E-state index contributed by atoms with van der Waals surface area (Å²) in [6.07, 6.45) is 5.37. The highest BCUT2D eigenvalue weighted by molar-refractivity contribution is 5.90. The second-order valence-electron chi connectivity index (χ2n) is 9.49. The van der Waals surface area contributed by atoms with E-state index in [1.54, 1.807) is 38.6 Å². The van der Waals surface area contributed by atoms with Crippen LogP contribution in [0.4, 0.5) is 0 Å². The Morgan fingerprint density at radius 2 is 1.83 bits per heavy atom. The molecule has 0 amide bonds. The Hall–Kier alpha value is -3.74. The number of carbonyl (C=O) groups excluding carboxylic acids is 1. The normalized spacial score (nSPS) is 18.1. The average molecular weight is 472 g/mol. The highest BCUT2D eigenvalue weighted by atomic mass is 16.5. The van der Waals surface area contributed by atoms with Crippen molar-refractivity contribution in [2.45, 2.75) is 38.6 Å². The van der Waals surface area contributed by atoms with Crippen LogP contribution in [0.2, 0.25) is 0 Å². The first-order chi connectivity index (χ1) is 17.0. The van der Waals surface area contributed by atoms with Gasteiger partial charge in [0, 0.05) is 37.5 Å². The van der Waals surface area contributed by atoms with Gasteiger partial charge in [-0.15, -0.1) is 0 Å². The third-order valence-corrected chi connectivity index (χ3v) is 7.40. The highest BCUT2D eigenvalue weighted by Crippen LogP contribution is 2.31. The number of pyridine rings is 1. The first-order valence-electron chi connectivity index (χ1n) is 12.1. The van der Waals surface area contributed by atoms with E-state index in [0.29, 0.717) is 29.6 Å². The number of aryl methyl sites for hydroxylation is 1. The van der Waals surface area contributed by atoms with Crippen molar-refractivity contribution in [2.75, 3.05) is 7.11 Å². The minimum absolute atomic E-state index is 0.0126. The van der Waals surface area contributed by atoms with E-state index in [9.17, 15) is 14.4 Å². The number of hydrogen-bond donors (Lipinski definition) is 0. The monoisotopic (exact) mass is 471 g/mol. The van der Waals surface area contributed by atoms with Gasteiger partial charge in [0.05, 0.1) is 23.5 Å². The van der Waals surface area contributed by atoms with E-state index in [-0.39, 0.29) is 28.9 Å². The summed E-state index contributed by atoms with van der Waals surface area (Å²) >= 11 is 0. The zero-order valence-electron chi connectivity index (χ0n) is 20.1. The molecule has 7 nitrogen and oxygen atoms in total. The summed E-state index contributed by atoms with van der Waals surface area (Å²) in [6.45, 7) is 0.370. The molecular weight excluding hydrogens is 442 g/mol. The summed E-state index contributed by atoms with van der Waals surface area (Å²) in [5, 5.41) is 1.50. The van der Waals surface area contributed by atoms with Crippen molar-refractivity contribution in [2.24, 2.45) is 18.9 Å². The lowest BCUT2D eigenvalue weighted by atomic mass is 9.78. The number of benzene rings is 2. The molecule has 4 aromatic rings. The Bertz CT molecular complexity index is 1520. The van der Waals surface area contributed by atoms with E-state index >= 15 is 0 Å². The lowest BCUT2D eigenvalue weighted by molar-refractivity contribution is -0.123. The molecule has 1 saturated carbocycles. The van der Waals surface area contributed by atoms with Crippen LogP contribution in [0.3, 0.4) is 0 Å². The molecule has 35 heavy (non-hydrogen) atoms. The van der Waals surface area contributed by atoms with Crippen molar-refractivity contribution in [1.82, 2.24) is 14.1 Å². The second-order valence-corrected chi connectivity index (χ2v) is 9.49. The molecule has 0 unspecified atom stereocenters. The molecule has 0 N–H and O–H groups in total. The van der Waals surface area contributed by atoms with Crippen LogP contribution in [0.5, 0.6) is 5.75 Å². The molecule has 0 saturated heterocycles. The summed E-state index contributed by atoms with van der Waals surface area (Å²) in [5.74, 6) is 1.04. The molecule has 1 aliphatic rings. The van der Waals surface area contributed by atoms with Gasteiger partial charge in [0.1, 0.15) is 11.5 Å². The summed E-state index contributed by atoms with van der Waals surface area (Å²) in [7, 11) is 3.24. The van der Waals surface area contributed by atoms with Crippen LogP contribution in [-0.4, -0.2) is 27.0 Å². The van der Waals surface area contributed by atoms with Gasteiger partial charge in [-0.3, -0.25) is 23.7 Å². The number of aromatic nitrogens is 3. The third-order valence-electron chi connectivity index (χ3n) is 7.40. The fourth-order valence-electron chi connectivity index (χ4n) is 5.36. The lowest BCUT2D eigenvalue weighted by Crippen LogP contribution is -2.41. The van der Waals surface area contributed by atoms with E-state index in [2.05, 4.69) is 4.98 Å². The van der Waals surface area contributed by atoms with Gasteiger partial charge in [-0.1, -0.05) is 18.2 Å². The van der Waals surface area contributed by atoms with Gasteiger partial charge >= 0.3 is 5.69 Å². The Balaban J connectivity index is 1.29. The molecule has 180 valence electrons. The molecule has 0 bridgehead atoms. The highest BCUT2D eigenvalue weighted by Gasteiger charge is 2.27. The number of methoxy groups -OCH3 is 1. The van der Waals surface area contributed by atoms with E-state index in [4.69, 9.17) is 4.74 Å². The Labute approximate surface area is 203 Å². The number of ether oxygens (including phenoxy) is 1. The summed E-state index contributed by atoms with van der Waals surface area (Å²) in [5.41, 5.74) is 1.92. The van der Waals surface area contributed by atoms with Gasteiger partial charge in [0.25, 0.3) is 5.56 Å². The molecule has 2 heterocycles. The molecule has 7 heteroatoms. The maximum absolute atomic E-state index is 13.2. The number of Topliss-reactive ketones (excluding diaryl/α,β-unsaturated/α-hetero) is 1. The number of ketones is 1. The minimum Gasteiger partial charge on any atom is -0.497 e. The Kier molecular flexibility index (Phi) is 6.24. The number of hydrogen-bond acceptors (Lipinski definition) is 5. The van der Waals surface area contributed by atoms with Crippen LogP contribution in [0.1, 0.15) is 31.2 Å². The van der Waals surface area contributed by atoms with Crippen molar-refractivity contribution in [3.63, 3.8) is 0 Å². The van der Waals surface area contributed by atoms with E-state index in [1.165, 1.54) is 9.13 Å². The summed E-state index contributed by atoms with van der Waals surface area (Å²) in [6, 6.07) is 15.0. The summed E-state index contributed by atoms with van der Waals surface area (Å²) < 4.78 is 8.13. The largest absolute Gasteiger partial charge is 0.497 e. The van der Waals surface area contributed by atoms with E-state index in [1.807, 2.05) is 30.3 Å². The number of carbonyl (C=O) groups is 1. The molecule has 1 fully saturated rings. The molecule has 0 radical (unpaired) electrons. The van der Waals surface area contributed by atoms with Crippen LogP contribution in [0.25, 0.3) is 21.8 Å². The SMILES string of the molecule is COc1ccc2c(c1)c(=O)n(CC1CCC(C(=O)Cc3cccc4ncccc34)CC1)c(=O)n2C. The molecule has 2 aromatic carbocycles. The van der Waals surface area contributed by atoms with Crippen LogP contribution < -0.4 is 16.0 Å². The molecule has 0 spiro atoms. The van der Waals surface area contributed by atoms with Crippen molar-refractivity contribution in [3.05, 3.63) is 81.1 Å². The standard InChI is InChI=1S/C28H29N3O4/c1-30-25-13-12-21(35-2)16-23(25)27(33)31(28(30)34)17-18-8-10-19(11-9-18)26(32)15-20-5-3-7-24-22(20)6-4-14-29-24/h3-7,12-14,16,18-19H,8-11,15,17H2,1-2H3. The van der Waals surface area contributed by atoms with Gasteiger partial charge in [-0.25, -0.2) is 4.79 Å². The average Bonchev–Trinajstić information content (AvgIpc) is 2.90. The predicted molar refractivity (Wildman–Crippen MR) is 136 cm³/mol. The van der Waals surface area contributed by atoms with E-state index in [0.717, 1.165) is 42.1 Å². The van der Waals surface area contributed by atoms with Crippen molar-refractivity contribution < 1.29 is 9.53 Å². The number of fused-ring (bicyclic) bond motifs is 2. The van der Waals surface area contributed by atoms with Crippen LogP contribution in [-0.2, 0) is 24.8 Å². The fraction of sp³-hybridized carbons (Fsp3) is 0.357. The predicted octanol–water partition coefficient (Wildman–Crippen LogP) is 3.88. The van der Waals surface area contributed by atoms with Crippen molar-refractivity contribution in [3.8, 4) is 5.75 Å². The van der Waals surface area contributed by atoms with Gasteiger partial charge in [0.2, 0.25) is 0 Å². The third kappa shape index (κ3) is 4.38. The Morgan fingerprint density at radius 1 is 1.03 bits per heavy atom. The van der Waals surface area contributed by atoms with Crippen molar-refractivity contribution >= 4 is 27.6 Å². The van der Waals surface area contributed by atoms with Crippen LogP contribution in [0.15, 0.2) is 64.3 Å². The smallest absolute Gasteiger partial charge is 0.331 e. The Morgan fingerprint density at radius 3 is 2.60 bits per heavy atom. The minimum atomic E-state index is -0.310. The molecule has 1 aliphatic carbocycles. The fourth-order valence-corrected chi connectivity index (χ4v) is 5.36. The first-order valence-corrected chi connectivity index (χ1v) is 12.1. The van der Waals surface area contributed by atoms with E-state index < -0.39 is 0 Å². The molecule has 5 rings (SSSR count). The van der Waals surface area contributed by atoms with Gasteiger partial charge in [0.15, 0.2) is 0 Å². The van der Waals surface area contributed by atoms with Crippen LogP contribution >= 0.6 is 0 Å². The zero-order chi connectivity index (χ0) is 24.5. The maximum Gasteiger partial charge on any atom is 0.331 e. The first kappa shape index (κ1) is 23.0. The molecule has 0 atom stereocenters.